The van der Waals surface area contributed by atoms with Crippen molar-refractivity contribution >= 4 is 5.97 Å². The van der Waals surface area contributed by atoms with Crippen molar-refractivity contribution in [1.29, 1.82) is 0 Å². The Hall–Kier alpha value is -1.79. The van der Waals surface area contributed by atoms with E-state index in [1.54, 1.807) is 25.1 Å². The molecule has 1 aromatic rings. The van der Waals surface area contributed by atoms with Gasteiger partial charge in [0.25, 0.3) is 0 Å². The Morgan fingerprint density at radius 3 is 2.68 bits per heavy atom. The fourth-order valence-corrected chi connectivity index (χ4v) is 1.67. The average Bonchev–Trinajstić information content (AvgIpc) is 2.33. The lowest BCUT2D eigenvalue weighted by Gasteiger charge is -2.18. The third kappa shape index (κ3) is 4.11. The molecule has 6 nitrogen and oxygen atoms in total. The van der Waals surface area contributed by atoms with Gasteiger partial charge in [-0.2, -0.15) is 0 Å². The van der Waals surface area contributed by atoms with Crippen LogP contribution in [0, 0.1) is 0 Å². The summed E-state index contributed by atoms with van der Waals surface area (Å²) in [6.45, 7) is 3.74. The second kappa shape index (κ2) is 6.96. The van der Waals surface area contributed by atoms with Crippen molar-refractivity contribution in [3.05, 3.63) is 23.8 Å². The number of aliphatic hydroxyl groups excluding tert-OH is 1. The number of hydrogen-bond acceptors (Lipinski definition) is 5. The van der Waals surface area contributed by atoms with Gasteiger partial charge < -0.3 is 20.1 Å². The summed E-state index contributed by atoms with van der Waals surface area (Å²) in [7, 11) is 0. The van der Waals surface area contributed by atoms with E-state index in [-0.39, 0.29) is 12.3 Å². The summed E-state index contributed by atoms with van der Waals surface area (Å²) in [6, 6.07) is 3.91. The van der Waals surface area contributed by atoms with Crippen molar-refractivity contribution in [2.75, 3.05) is 6.61 Å². The first kappa shape index (κ1) is 15.3. The highest BCUT2D eigenvalue weighted by atomic mass is 16.5. The number of phenols is 1. The smallest absolute Gasteiger partial charge is 0.323 e. The van der Waals surface area contributed by atoms with Crippen molar-refractivity contribution in [3.8, 4) is 11.5 Å². The van der Waals surface area contributed by atoms with E-state index in [1.165, 1.54) is 6.92 Å². The van der Waals surface area contributed by atoms with Crippen LogP contribution in [0.4, 0.5) is 0 Å². The van der Waals surface area contributed by atoms with Gasteiger partial charge in [-0.3, -0.25) is 10.1 Å². The molecule has 0 spiro atoms. The molecule has 0 fully saturated rings. The zero-order valence-electron chi connectivity index (χ0n) is 11.0. The van der Waals surface area contributed by atoms with Crippen molar-refractivity contribution < 1.29 is 24.9 Å². The number of carbonyl (C=O) groups is 1. The van der Waals surface area contributed by atoms with E-state index in [0.717, 1.165) is 0 Å². The van der Waals surface area contributed by atoms with Crippen LogP contribution in [-0.2, 0) is 11.3 Å². The number of carboxylic acid groups (broad SMARTS) is 1. The van der Waals surface area contributed by atoms with E-state index in [1.807, 2.05) is 0 Å². The Labute approximate surface area is 111 Å². The van der Waals surface area contributed by atoms with Gasteiger partial charge in [-0.15, -0.1) is 0 Å². The lowest BCUT2D eigenvalue weighted by Crippen LogP contribution is -2.44. The van der Waals surface area contributed by atoms with E-state index in [4.69, 9.17) is 9.84 Å². The highest BCUT2D eigenvalue weighted by molar-refractivity contribution is 5.74. The fourth-order valence-electron chi connectivity index (χ4n) is 1.67. The lowest BCUT2D eigenvalue weighted by molar-refractivity contribution is -0.142. The minimum Gasteiger partial charge on any atom is -0.504 e. The first-order valence-corrected chi connectivity index (χ1v) is 6.05. The first-order chi connectivity index (χ1) is 8.97. The molecule has 4 N–H and O–H groups in total. The zero-order valence-corrected chi connectivity index (χ0v) is 11.0. The van der Waals surface area contributed by atoms with E-state index in [9.17, 15) is 15.0 Å². The monoisotopic (exact) mass is 269 g/mol. The molecule has 0 saturated carbocycles. The first-order valence-electron chi connectivity index (χ1n) is 6.05. The summed E-state index contributed by atoms with van der Waals surface area (Å²) in [5, 5.41) is 30.9. The molecule has 0 amide bonds. The van der Waals surface area contributed by atoms with Crippen molar-refractivity contribution in [2.45, 2.75) is 32.5 Å². The number of ether oxygens (including phenoxy) is 1. The Morgan fingerprint density at radius 1 is 1.47 bits per heavy atom. The van der Waals surface area contributed by atoms with Gasteiger partial charge in [-0.25, -0.2) is 0 Å². The van der Waals surface area contributed by atoms with Gasteiger partial charge in [0.2, 0.25) is 0 Å². The normalized spacial score (nSPS) is 13.8. The van der Waals surface area contributed by atoms with Crippen molar-refractivity contribution in [3.63, 3.8) is 0 Å². The second-order valence-electron chi connectivity index (χ2n) is 4.13. The lowest BCUT2D eigenvalue weighted by atomic mass is 10.1. The highest BCUT2D eigenvalue weighted by Gasteiger charge is 2.22. The molecule has 106 valence electrons. The molecule has 1 aromatic carbocycles. The van der Waals surface area contributed by atoms with Crippen LogP contribution in [0.5, 0.6) is 11.5 Å². The van der Waals surface area contributed by atoms with Gasteiger partial charge in [-0.1, -0.05) is 12.1 Å². The van der Waals surface area contributed by atoms with Crippen LogP contribution in [0.15, 0.2) is 18.2 Å². The third-order valence-corrected chi connectivity index (χ3v) is 2.64. The van der Waals surface area contributed by atoms with E-state index < -0.39 is 18.1 Å². The van der Waals surface area contributed by atoms with Crippen LogP contribution >= 0.6 is 0 Å². The Balaban J connectivity index is 2.77. The number of benzene rings is 1. The van der Waals surface area contributed by atoms with Crippen molar-refractivity contribution in [1.82, 2.24) is 5.32 Å². The highest BCUT2D eigenvalue weighted by Crippen LogP contribution is 2.29. The molecule has 0 aliphatic rings. The molecular weight excluding hydrogens is 250 g/mol. The average molecular weight is 269 g/mol. The van der Waals surface area contributed by atoms with Crippen LogP contribution in [-0.4, -0.2) is 40.0 Å². The SMILES string of the molecule is CCOc1cccc(CNC(C(=O)O)C(C)O)c1O. The molecule has 1 rings (SSSR count). The number of aliphatic hydroxyl groups is 1. The maximum absolute atomic E-state index is 10.9. The topological polar surface area (TPSA) is 99.0 Å². The van der Waals surface area contributed by atoms with Crippen LogP contribution in [0.3, 0.4) is 0 Å². The van der Waals surface area contributed by atoms with E-state index in [0.29, 0.717) is 17.9 Å². The number of hydrogen-bond donors (Lipinski definition) is 4. The molecule has 0 aromatic heterocycles. The molecule has 0 aliphatic heterocycles. The fraction of sp³-hybridized carbons (Fsp3) is 0.462. The number of rotatable bonds is 7. The molecule has 0 aliphatic carbocycles. The quantitative estimate of drug-likeness (QED) is 0.582. The van der Waals surface area contributed by atoms with Gasteiger partial charge in [0.05, 0.1) is 12.7 Å². The maximum Gasteiger partial charge on any atom is 0.323 e. The number of nitrogens with one attached hydrogen (secondary N) is 1. The van der Waals surface area contributed by atoms with Crippen molar-refractivity contribution in [2.24, 2.45) is 0 Å². The number of aliphatic carboxylic acids is 1. The largest absolute Gasteiger partial charge is 0.504 e. The molecular formula is C13H19NO5. The van der Waals surface area contributed by atoms with E-state index in [2.05, 4.69) is 5.32 Å². The summed E-state index contributed by atoms with van der Waals surface area (Å²) in [4.78, 5) is 10.9. The minimum atomic E-state index is -1.14. The van der Waals surface area contributed by atoms with Gasteiger partial charge in [-0.05, 0) is 19.9 Å². The number of aromatic hydroxyl groups is 1. The Kier molecular flexibility index (Phi) is 5.59. The molecule has 0 bridgehead atoms. The Bertz CT molecular complexity index is 433. The molecule has 0 heterocycles. The molecule has 2 unspecified atom stereocenters. The van der Waals surface area contributed by atoms with E-state index >= 15 is 0 Å². The molecule has 6 heteroatoms. The van der Waals surface area contributed by atoms with Gasteiger partial charge in [0.1, 0.15) is 6.04 Å². The van der Waals surface area contributed by atoms with Gasteiger partial charge >= 0.3 is 5.97 Å². The molecule has 19 heavy (non-hydrogen) atoms. The zero-order chi connectivity index (χ0) is 14.4. The summed E-state index contributed by atoms with van der Waals surface area (Å²) in [6.07, 6.45) is -1.03. The number of para-hydroxylation sites is 1. The molecule has 0 radical (unpaired) electrons. The molecule has 2 atom stereocenters. The summed E-state index contributed by atoms with van der Waals surface area (Å²) >= 11 is 0. The predicted octanol–water partition coefficient (Wildman–Crippen LogP) is 0.714. The number of phenolic OH excluding ortho intramolecular Hbond substituents is 1. The summed E-state index contributed by atoms with van der Waals surface area (Å²) in [5.41, 5.74) is 0.512. The number of carboxylic acids is 1. The maximum atomic E-state index is 10.9. The Morgan fingerprint density at radius 2 is 2.16 bits per heavy atom. The predicted molar refractivity (Wildman–Crippen MR) is 69.2 cm³/mol. The van der Waals surface area contributed by atoms with Gasteiger partial charge in [0, 0.05) is 12.1 Å². The standard InChI is InChI=1S/C13H19NO5/c1-3-19-10-6-4-5-9(12(10)16)7-14-11(8(2)15)13(17)18/h4-6,8,11,14-16H,3,7H2,1-2H3,(H,17,18). The second-order valence-corrected chi connectivity index (χ2v) is 4.13. The molecule has 0 saturated heterocycles. The van der Waals surface area contributed by atoms with Crippen LogP contribution < -0.4 is 10.1 Å². The van der Waals surface area contributed by atoms with Crippen LogP contribution in [0.25, 0.3) is 0 Å². The minimum absolute atomic E-state index is 0.0217. The van der Waals surface area contributed by atoms with Crippen LogP contribution in [0.1, 0.15) is 19.4 Å². The third-order valence-electron chi connectivity index (χ3n) is 2.64. The summed E-state index contributed by atoms with van der Waals surface area (Å²) < 4.78 is 5.24. The van der Waals surface area contributed by atoms with Gasteiger partial charge in [0.15, 0.2) is 11.5 Å². The summed E-state index contributed by atoms with van der Waals surface area (Å²) in [5.74, 6) is -0.812. The van der Waals surface area contributed by atoms with Crippen LogP contribution in [0.2, 0.25) is 0 Å².